The number of hydrogen-bond acceptors (Lipinski definition) is 7. The minimum Gasteiger partial charge on any atom is -0.412 e. The predicted molar refractivity (Wildman–Crippen MR) is 132 cm³/mol. The van der Waals surface area contributed by atoms with Gasteiger partial charge in [0.1, 0.15) is 6.04 Å². The van der Waals surface area contributed by atoms with E-state index in [0.717, 1.165) is 22.6 Å². The van der Waals surface area contributed by atoms with E-state index in [1.807, 2.05) is 29.9 Å². The molecule has 1 saturated carbocycles. The number of aromatic nitrogens is 8. The number of nitrogens with one attached hydrogen (secondary N) is 1. The van der Waals surface area contributed by atoms with Crippen molar-refractivity contribution < 1.29 is 9.21 Å². The Labute approximate surface area is 208 Å². The normalized spacial score (nSPS) is 18.5. The molecule has 0 saturated heterocycles. The van der Waals surface area contributed by atoms with Crippen molar-refractivity contribution in [1.29, 1.82) is 0 Å². The van der Waals surface area contributed by atoms with Gasteiger partial charge in [-0.15, -0.1) is 19.4 Å². The molecule has 2 unspecified atom stereocenters. The number of aromatic amines is 1. The van der Waals surface area contributed by atoms with Crippen molar-refractivity contribution in [3.63, 3.8) is 0 Å². The lowest BCUT2D eigenvalue weighted by Crippen LogP contribution is -2.41. The summed E-state index contributed by atoms with van der Waals surface area (Å²) in [5.41, 5.74) is 5.60. The summed E-state index contributed by atoms with van der Waals surface area (Å²) in [5.74, 6) is 0.539. The van der Waals surface area contributed by atoms with Gasteiger partial charge in [-0.2, -0.15) is 10.2 Å². The minimum absolute atomic E-state index is 0.0666. The molecule has 1 fully saturated rings. The first-order valence-electron chi connectivity index (χ1n) is 12.0. The molecule has 182 valence electrons. The van der Waals surface area contributed by atoms with Gasteiger partial charge in [0.15, 0.2) is 0 Å². The largest absolute Gasteiger partial charge is 0.412 e. The number of fused-ring (bicyclic) bond motifs is 2. The molecule has 6 heterocycles. The quantitative estimate of drug-likeness (QED) is 0.366. The average molecular weight is 501 g/mol. The molecule has 2 aliphatic rings. The number of hydrogen-bond donors (Lipinski definition) is 1. The van der Waals surface area contributed by atoms with E-state index in [0.29, 0.717) is 24.4 Å². The third-order valence-corrected chi connectivity index (χ3v) is 7.22. The van der Waals surface area contributed by atoms with Crippen LogP contribution in [0.3, 0.4) is 0 Å². The highest BCUT2D eigenvalue weighted by Gasteiger charge is 2.38. The molecule has 1 aliphatic heterocycles. The average Bonchev–Trinajstić information content (AvgIpc) is 3.34. The Morgan fingerprint density at radius 2 is 2.19 bits per heavy atom. The number of H-pyrrole nitrogens is 1. The molecule has 5 aromatic heterocycles. The standard InChI is InChI=1S/C24H24N9O2P/c1-13(36)33-11-15(10-27-33)22-28-29-23(35-22)24(34)31-8-6-17-20(26-12-25-17)21(31)18-9-19-16(14-4-5-14)3-2-7-32(19)30-18/h2-3,7,9-14,21H,4-6,8,36H2,1H3,(H,25,26)/t13?,21-/m1/s1. The fourth-order valence-corrected chi connectivity index (χ4v) is 5.11. The number of rotatable bonds is 5. The molecule has 1 aliphatic carbocycles. The van der Waals surface area contributed by atoms with Crippen molar-refractivity contribution in [2.24, 2.45) is 0 Å². The molecule has 11 nitrogen and oxygen atoms in total. The summed E-state index contributed by atoms with van der Waals surface area (Å²) in [6, 6.07) is 5.82. The van der Waals surface area contributed by atoms with Gasteiger partial charge in [0.05, 0.1) is 40.8 Å². The highest BCUT2D eigenvalue weighted by molar-refractivity contribution is 7.16. The number of nitrogens with zero attached hydrogens (tertiary/aromatic N) is 8. The van der Waals surface area contributed by atoms with Gasteiger partial charge in [0.25, 0.3) is 5.89 Å². The summed E-state index contributed by atoms with van der Waals surface area (Å²) in [6.45, 7) is 2.47. The van der Waals surface area contributed by atoms with Gasteiger partial charge in [-0.25, -0.2) is 9.50 Å². The molecule has 5 aromatic rings. The van der Waals surface area contributed by atoms with E-state index in [-0.39, 0.29) is 23.5 Å². The summed E-state index contributed by atoms with van der Waals surface area (Å²) >= 11 is 0. The second-order valence-corrected chi connectivity index (χ2v) is 10.4. The molecule has 36 heavy (non-hydrogen) atoms. The van der Waals surface area contributed by atoms with E-state index in [4.69, 9.17) is 9.52 Å². The van der Waals surface area contributed by atoms with Crippen LogP contribution in [0, 0.1) is 0 Å². The van der Waals surface area contributed by atoms with E-state index in [1.165, 1.54) is 18.4 Å². The second-order valence-electron chi connectivity index (χ2n) is 9.42. The van der Waals surface area contributed by atoms with Gasteiger partial charge >= 0.3 is 11.8 Å². The molecular weight excluding hydrogens is 477 g/mol. The molecule has 0 aromatic carbocycles. The third kappa shape index (κ3) is 3.45. The zero-order valence-corrected chi connectivity index (χ0v) is 20.7. The Bertz CT molecular complexity index is 1590. The van der Waals surface area contributed by atoms with E-state index < -0.39 is 6.04 Å². The third-order valence-electron chi connectivity index (χ3n) is 6.91. The van der Waals surface area contributed by atoms with Crippen LogP contribution in [0.4, 0.5) is 0 Å². The Morgan fingerprint density at radius 3 is 3.00 bits per heavy atom. The zero-order chi connectivity index (χ0) is 24.4. The van der Waals surface area contributed by atoms with E-state index in [2.05, 4.69) is 46.6 Å². The predicted octanol–water partition coefficient (Wildman–Crippen LogP) is 3.36. The summed E-state index contributed by atoms with van der Waals surface area (Å²) in [6.07, 6.45) is 10.1. The van der Waals surface area contributed by atoms with Crippen LogP contribution in [-0.4, -0.2) is 56.9 Å². The van der Waals surface area contributed by atoms with Crippen LogP contribution in [0.25, 0.3) is 17.0 Å². The molecule has 0 bridgehead atoms. The first-order chi connectivity index (χ1) is 17.6. The highest BCUT2D eigenvalue weighted by Crippen LogP contribution is 2.43. The maximum Gasteiger partial charge on any atom is 0.312 e. The van der Waals surface area contributed by atoms with Crippen LogP contribution in [0.1, 0.15) is 70.8 Å². The number of imidazole rings is 1. The maximum atomic E-state index is 13.7. The summed E-state index contributed by atoms with van der Waals surface area (Å²) in [7, 11) is 2.67. The van der Waals surface area contributed by atoms with Crippen LogP contribution in [-0.2, 0) is 6.42 Å². The Kier molecular flexibility index (Phi) is 4.82. The molecule has 1 N–H and O–H groups in total. The van der Waals surface area contributed by atoms with Crippen LogP contribution in [0.2, 0.25) is 0 Å². The lowest BCUT2D eigenvalue weighted by Gasteiger charge is -2.32. The molecule has 7 rings (SSSR count). The van der Waals surface area contributed by atoms with Crippen molar-refractivity contribution in [2.45, 2.75) is 43.9 Å². The first-order valence-corrected chi connectivity index (χ1v) is 12.7. The first kappa shape index (κ1) is 21.4. The molecule has 1 amide bonds. The number of carbonyl (C=O) groups is 1. The van der Waals surface area contributed by atoms with Crippen molar-refractivity contribution in [3.05, 3.63) is 71.7 Å². The van der Waals surface area contributed by atoms with Gasteiger partial charge in [0, 0.05) is 31.1 Å². The zero-order valence-electron chi connectivity index (χ0n) is 19.6. The molecular formula is C24H24N9O2P. The second kappa shape index (κ2) is 8.09. The molecule has 12 heteroatoms. The van der Waals surface area contributed by atoms with Crippen molar-refractivity contribution in [2.75, 3.05) is 6.54 Å². The highest BCUT2D eigenvalue weighted by atomic mass is 31.0. The topological polar surface area (TPSA) is 123 Å². The van der Waals surface area contributed by atoms with Crippen molar-refractivity contribution in [1.82, 2.24) is 44.5 Å². The fourth-order valence-electron chi connectivity index (χ4n) is 4.94. The number of carbonyl (C=O) groups excluding carboxylic acids is 1. The SMILES string of the molecule is CC(P)n1cc(-c2nnc(C(=O)N3CCc4[nH]cnc4[C@H]3c3cc4c(C5CC5)cccn4n3)o2)cn1. The van der Waals surface area contributed by atoms with Crippen molar-refractivity contribution >= 4 is 20.7 Å². The van der Waals surface area contributed by atoms with E-state index in [1.54, 1.807) is 22.1 Å². The summed E-state index contributed by atoms with van der Waals surface area (Å²) in [4.78, 5) is 23.2. The lowest BCUT2D eigenvalue weighted by molar-refractivity contribution is 0.0646. The number of amides is 1. The molecule has 0 radical (unpaired) electrons. The Balaban J connectivity index is 1.26. The number of pyridine rings is 1. The Morgan fingerprint density at radius 1 is 1.31 bits per heavy atom. The van der Waals surface area contributed by atoms with Gasteiger partial charge in [0.2, 0.25) is 0 Å². The van der Waals surface area contributed by atoms with Crippen LogP contribution < -0.4 is 0 Å². The van der Waals surface area contributed by atoms with Gasteiger partial charge in [-0.3, -0.25) is 9.48 Å². The van der Waals surface area contributed by atoms with Crippen LogP contribution in [0.5, 0.6) is 0 Å². The summed E-state index contributed by atoms with van der Waals surface area (Å²) in [5, 5.41) is 17.4. The minimum atomic E-state index is -0.462. The van der Waals surface area contributed by atoms with Crippen molar-refractivity contribution in [3.8, 4) is 11.5 Å². The van der Waals surface area contributed by atoms with Gasteiger partial charge in [-0.05, 0) is 43.4 Å². The monoisotopic (exact) mass is 501 g/mol. The smallest absolute Gasteiger partial charge is 0.312 e. The molecule has 3 atom stereocenters. The van der Waals surface area contributed by atoms with E-state index >= 15 is 0 Å². The maximum absolute atomic E-state index is 13.7. The molecule has 0 spiro atoms. The van der Waals surface area contributed by atoms with Crippen LogP contribution >= 0.6 is 9.24 Å². The Hall–Kier alpha value is -3.85. The van der Waals surface area contributed by atoms with E-state index in [9.17, 15) is 4.79 Å². The van der Waals surface area contributed by atoms with Gasteiger partial charge < -0.3 is 14.3 Å². The summed E-state index contributed by atoms with van der Waals surface area (Å²) < 4.78 is 9.50. The fraction of sp³-hybridized carbons (Fsp3) is 0.333. The van der Waals surface area contributed by atoms with Gasteiger partial charge in [-0.1, -0.05) is 6.07 Å². The van der Waals surface area contributed by atoms with Crippen LogP contribution in [0.15, 0.2) is 47.5 Å². The lowest BCUT2D eigenvalue weighted by atomic mass is 9.99.